The van der Waals surface area contributed by atoms with E-state index >= 15 is 0 Å². The topological polar surface area (TPSA) is 50.9 Å². The first kappa shape index (κ1) is 15.2. The van der Waals surface area contributed by atoms with E-state index < -0.39 is 6.10 Å². The van der Waals surface area contributed by atoms with Gasteiger partial charge in [-0.2, -0.15) is 0 Å². The second-order valence-corrected chi connectivity index (χ2v) is 5.91. The average molecular weight is 338 g/mol. The van der Waals surface area contributed by atoms with Crippen molar-refractivity contribution in [3.05, 3.63) is 46.2 Å². The lowest BCUT2D eigenvalue weighted by Gasteiger charge is -2.28. The first-order valence-corrected chi connectivity index (χ1v) is 7.63. The molecule has 2 rings (SSSR count). The van der Waals surface area contributed by atoms with Crippen LogP contribution in [0, 0.1) is 5.92 Å². The predicted octanol–water partition coefficient (Wildman–Crippen LogP) is 3.44. The van der Waals surface area contributed by atoms with Gasteiger partial charge in [-0.05, 0) is 27.4 Å². The number of rotatable bonds is 5. The maximum absolute atomic E-state index is 10.9. The van der Waals surface area contributed by atoms with Gasteiger partial charge in [-0.3, -0.25) is 0 Å². The van der Waals surface area contributed by atoms with Crippen LogP contribution in [0.25, 0.3) is 0 Å². The Hall–Kier alpha value is -1.20. The van der Waals surface area contributed by atoms with E-state index in [1.54, 1.807) is 11.7 Å². The van der Waals surface area contributed by atoms with E-state index in [-0.39, 0.29) is 5.92 Å². The monoisotopic (exact) mass is 337 g/mol. The molecule has 0 aliphatic rings. The Morgan fingerprint density at radius 2 is 1.95 bits per heavy atom. The molecular formula is C15H20BrN3O. The fraction of sp³-hybridized carbons (Fsp3) is 0.467. The second-order valence-electron chi connectivity index (χ2n) is 5.16. The van der Waals surface area contributed by atoms with Gasteiger partial charge in [-0.1, -0.05) is 55.8 Å². The number of aliphatic hydroxyl groups excluding tert-OH is 1. The van der Waals surface area contributed by atoms with Crippen molar-refractivity contribution in [1.29, 1.82) is 0 Å². The summed E-state index contributed by atoms with van der Waals surface area (Å²) in [5, 5.41) is 18.8. The van der Waals surface area contributed by atoms with E-state index in [1.165, 1.54) is 0 Å². The Balaban J connectivity index is 2.42. The van der Waals surface area contributed by atoms with E-state index in [9.17, 15) is 5.11 Å². The van der Waals surface area contributed by atoms with Crippen LogP contribution in [0.3, 0.4) is 0 Å². The minimum Gasteiger partial charge on any atom is -0.386 e. The van der Waals surface area contributed by atoms with Crippen LogP contribution in [0.2, 0.25) is 0 Å². The van der Waals surface area contributed by atoms with Gasteiger partial charge in [0.05, 0.1) is 0 Å². The zero-order valence-electron chi connectivity index (χ0n) is 12.0. The van der Waals surface area contributed by atoms with Crippen molar-refractivity contribution in [2.24, 2.45) is 13.0 Å². The molecule has 2 aromatic rings. The van der Waals surface area contributed by atoms with Gasteiger partial charge in [0.2, 0.25) is 0 Å². The molecule has 0 amide bonds. The Kier molecular flexibility index (Phi) is 4.94. The first-order chi connectivity index (χ1) is 9.56. The Morgan fingerprint density at radius 1 is 1.30 bits per heavy atom. The van der Waals surface area contributed by atoms with Gasteiger partial charge in [-0.15, -0.1) is 5.10 Å². The predicted molar refractivity (Wildman–Crippen MR) is 82.3 cm³/mol. The van der Waals surface area contributed by atoms with Crippen molar-refractivity contribution in [2.75, 3.05) is 0 Å². The molecule has 0 aliphatic heterocycles. The van der Waals surface area contributed by atoms with Gasteiger partial charge in [0.15, 0.2) is 4.60 Å². The number of nitrogens with zero attached hydrogens (tertiary/aromatic N) is 3. The highest BCUT2D eigenvalue weighted by Gasteiger charge is 2.31. The van der Waals surface area contributed by atoms with E-state index in [1.807, 2.05) is 18.2 Å². The van der Waals surface area contributed by atoms with Crippen LogP contribution in [0.1, 0.15) is 43.5 Å². The van der Waals surface area contributed by atoms with Crippen LogP contribution in [-0.2, 0) is 7.05 Å². The molecule has 0 saturated heterocycles. The quantitative estimate of drug-likeness (QED) is 0.909. The van der Waals surface area contributed by atoms with Crippen LogP contribution < -0.4 is 0 Å². The zero-order chi connectivity index (χ0) is 14.7. The summed E-state index contributed by atoms with van der Waals surface area (Å²) in [6.07, 6.45) is 0.362. The highest BCUT2D eigenvalue weighted by Crippen LogP contribution is 2.39. The number of benzene rings is 1. The average Bonchev–Trinajstić information content (AvgIpc) is 2.79. The number of hydrogen-bond acceptors (Lipinski definition) is 3. The van der Waals surface area contributed by atoms with E-state index in [2.05, 4.69) is 52.2 Å². The van der Waals surface area contributed by atoms with Gasteiger partial charge in [0, 0.05) is 13.0 Å². The third kappa shape index (κ3) is 2.94. The molecule has 0 fully saturated rings. The molecule has 5 heteroatoms. The van der Waals surface area contributed by atoms with Crippen molar-refractivity contribution in [3.8, 4) is 0 Å². The molecule has 1 N–H and O–H groups in total. The lowest BCUT2D eigenvalue weighted by molar-refractivity contribution is 0.109. The molecule has 1 heterocycles. The molecule has 0 spiro atoms. The summed E-state index contributed by atoms with van der Waals surface area (Å²) >= 11 is 3.38. The number of hydrogen-bond donors (Lipinski definition) is 1. The normalized spacial score (nSPS) is 15.8. The van der Waals surface area contributed by atoms with Crippen molar-refractivity contribution in [3.63, 3.8) is 0 Å². The molecule has 0 aliphatic carbocycles. The Labute approximate surface area is 128 Å². The highest BCUT2D eigenvalue weighted by molar-refractivity contribution is 9.10. The third-order valence-electron chi connectivity index (χ3n) is 3.89. The third-order valence-corrected chi connectivity index (χ3v) is 4.45. The largest absolute Gasteiger partial charge is 0.386 e. The Bertz CT molecular complexity index is 536. The number of aromatic nitrogens is 3. The molecule has 1 aromatic heterocycles. The summed E-state index contributed by atoms with van der Waals surface area (Å²) in [5.41, 5.74) is 1.86. The highest BCUT2D eigenvalue weighted by atomic mass is 79.9. The van der Waals surface area contributed by atoms with Crippen LogP contribution in [0.5, 0.6) is 0 Å². The lowest BCUT2D eigenvalue weighted by atomic mass is 9.80. The zero-order valence-corrected chi connectivity index (χ0v) is 13.6. The van der Waals surface area contributed by atoms with E-state index in [0.717, 1.165) is 17.7 Å². The standard InChI is InChI=1S/C15H20BrN3O/c1-4-10(2)12(11-8-6-5-7-9-11)14(20)13-15(16)17-18-19(13)3/h5-10,12,14,20H,4H2,1-3H3. The minimum atomic E-state index is -0.637. The molecule has 1 aromatic carbocycles. The van der Waals surface area contributed by atoms with E-state index in [0.29, 0.717) is 10.5 Å². The summed E-state index contributed by atoms with van der Waals surface area (Å²) in [5.74, 6) is 0.379. The lowest BCUT2D eigenvalue weighted by Crippen LogP contribution is -2.20. The molecule has 3 atom stereocenters. The molecule has 0 radical (unpaired) electrons. The van der Waals surface area contributed by atoms with Gasteiger partial charge in [0.25, 0.3) is 0 Å². The number of halogens is 1. The summed E-state index contributed by atoms with van der Waals surface area (Å²) in [6.45, 7) is 4.31. The summed E-state index contributed by atoms with van der Waals surface area (Å²) < 4.78 is 2.24. The van der Waals surface area contributed by atoms with Gasteiger partial charge < -0.3 is 5.11 Å². The van der Waals surface area contributed by atoms with Crippen LogP contribution in [0.15, 0.2) is 34.9 Å². The minimum absolute atomic E-state index is 0.0229. The maximum atomic E-state index is 10.9. The summed E-state index contributed by atoms with van der Waals surface area (Å²) in [4.78, 5) is 0. The fourth-order valence-electron chi connectivity index (χ4n) is 2.57. The van der Waals surface area contributed by atoms with Crippen LogP contribution in [0.4, 0.5) is 0 Å². The number of aliphatic hydroxyl groups is 1. The van der Waals surface area contributed by atoms with Crippen molar-refractivity contribution < 1.29 is 5.11 Å². The molecule has 3 unspecified atom stereocenters. The molecular weight excluding hydrogens is 318 g/mol. The summed E-state index contributed by atoms with van der Waals surface area (Å²) in [7, 11) is 1.80. The SMILES string of the molecule is CCC(C)C(c1ccccc1)C(O)c1c(Br)nnn1C. The number of aryl methyl sites for hydroxylation is 1. The van der Waals surface area contributed by atoms with E-state index in [4.69, 9.17) is 0 Å². The fourth-order valence-corrected chi connectivity index (χ4v) is 3.14. The smallest absolute Gasteiger partial charge is 0.154 e. The molecule has 4 nitrogen and oxygen atoms in total. The van der Waals surface area contributed by atoms with Crippen LogP contribution in [-0.4, -0.2) is 20.1 Å². The molecule has 0 saturated carbocycles. The van der Waals surface area contributed by atoms with Gasteiger partial charge in [-0.25, -0.2) is 4.68 Å². The maximum Gasteiger partial charge on any atom is 0.154 e. The van der Waals surface area contributed by atoms with Crippen molar-refractivity contribution in [2.45, 2.75) is 32.3 Å². The molecule has 20 heavy (non-hydrogen) atoms. The van der Waals surface area contributed by atoms with Crippen molar-refractivity contribution in [1.82, 2.24) is 15.0 Å². The first-order valence-electron chi connectivity index (χ1n) is 6.84. The second kappa shape index (κ2) is 6.50. The van der Waals surface area contributed by atoms with Crippen molar-refractivity contribution >= 4 is 15.9 Å². The Morgan fingerprint density at radius 3 is 2.45 bits per heavy atom. The van der Waals surface area contributed by atoms with Crippen LogP contribution >= 0.6 is 15.9 Å². The molecule has 108 valence electrons. The summed E-state index contributed by atoms with van der Waals surface area (Å²) in [6, 6.07) is 10.1. The molecule has 0 bridgehead atoms. The van der Waals surface area contributed by atoms with Gasteiger partial charge >= 0.3 is 0 Å². The van der Waals surface area contributed by atoms with Gasteiger partial charge in [0.1, 0.15) is 11.8 Å².